The first kappa shape index (κ1) is 15.7. The van der Waals surface area contributed by atoms with Crippen LogP contribution in [-0.4, -0.2) is 35.3 Å². The molecule has 122 valence electrons. The maximum atomic E-state index is 13.1. The van der Waals surface area contributed by atoms with Crippen LogP contribution in [0.25, 0.3) is 0 Å². The van der Waals surface area contributed by atoms with E-state index in [4.69, 9.17) is 0 Å². The molecule has 1 aromatic heterocycles. The largest absolute Gasteiger partial charge is 0.355 e. The van der Waals surface area contributed by atoms with E-state index in [1.54, 1.807) is 10.7 Å². The zero-order chi connectivity index (χ0) is 16.2. The molecule has 0 unspecified atom stereocenters. The van der Waals surface area contributed by atoms with Crippen LogP contribution in [0.1, 0.15) is 17.0 Å². The summed E-state index contributed by atoms with van der Waals surface area (Å²) in [6.45, 7) is 1.97. The summed E-state index contributed by atoms with van der Waals surface area (Å²) >= 11 is 0. The van der Waals surface area contributed by atoms with Crippen LogP contribution in [0.3, 0.4) is 0 Å². The number of nitrogens with zero attached hydrogens (tertiary/aromatic N) is 2. The Balaban J connectivity index is 1.55. The fraction of sp³-hybridized carbons (Fsp3) is 0.412. The van der Waals surface area contributed by atoms with Crippen molar-refractivity contribution in [3.05, 3.63) is 53.6 Å². The van der Waals surface area contributed by atoms with Gasteiger partial charge in [-0.05, 0) is 29.7 Å². The Bertz CT molecular complexity index is 685. The van der Waals surface area contributed by atoms with Crippen LogP contribution < -0.4 is 10.6 Å². The first-order valence-electron chi connectivity index (χ1n) is 7.85. The number of carbonyl (C=O) groups excluding carboxylic acids is 1. The highest BCUT2D eigenvalue weighted by molar-refractivity contribution is 5.80. The highest BCUT2D eigenvalue weighted by atomic mass is 19.1. The maximum absolute atomic E-state index is 13.1. The van der Waals surface area contributed by atoms with Crippen LogP contribution >= 0.6 is 0 Å². The standard InChI is InChI=1S/C17H21FN4O/c1-22-11-13(8-21-22)15-9-19-10-16(15)17(23)20-6-5-12-3-2-4-14(18)7-12/h2-4,7-8,11,15-16,19H,5-6,9-10H2,1H3,(H,20,23)/t15-,16+/m1/s1. The van der Waals surface area contributed by atoms with Crippen LogP contribution in [0.2, 0.25) is 0 Å². The Morgan fingerprint density at radius 3 is 3.09 bits per heavy atom. The molecule has 0 saturated carbocycles. The number of benzene rings is 1. The lowest BCUT2D eigenvalue weighted by atomic mass is 9.90. The van der Waals surface area contributed by atoms with E-state index < -0.39 is 0 Å². The SMILES string of the molecule is Cn1cc([C@H]2CNC[C@@H]2C(=O)NCCc2cccc(F)c2)cn1. The van der Waals surface area contributed by atoms with Crippen molar-refractivity contribution >= 4 is 5.91 Å². The number of rotatable bonds is 5. The third kappa shape index (κ3) is 3.76. The fourth-order valence-electron chi connectivity index (χ4n) is 3.09. The second-order valence-electron chi connectivity index (χ2n) is 5.99. The molecule has 1 amide bonds. The first-order valence-corrected chi connectivity index (χ1v) is 7.85. The van der Waals surface area contributed by atoms with Gasteiger partial charge >= 0.3 is 0 Å². The van der Waals surface area contributed by atoms with Crippen molar-refractivity contribution in [2.24, 2.45) is 13.0 Å². The van der Waals surface area contributed by atoms with Gasteiger partial charge in [0.05, 0.1) is 12.1 Å². The molecule has 1 aliphatic heterocycles. The molecule has 2 aromatic rings. The molecule has 0 aliphatic carbocycles. The van der Waals surface area contributed by atoms with Crippen LogP contribution in [-0.2, 0) is 18.3 Å². The number of hydrogen-bond acceptors (Lipinski definition) is 3. The average Bonchev–Trinajstić information content (AvgIpc) is 3.15. The van der Waals surface area contributed by atoms with Gasteiger partial charge in [-0.3, -0.25) is 9.48 Å². The number of hydrogen-bond donors (Lipinski definition) is 2. The van der Waals surface area contributed by atoms with Gasteiger partial charge in [-0.2, -0.15) is 5.10 Å². The quantitative estimate of drug-likeness (QED) is 0.872. The van der Waals surface area contributed by atoms with E-state index in [1.807, 2.05) is 25.5 Å². The van der Waals surface area contributed by atoms with E-state index >= 15 is 0 Å². The molecule has 2 N–H and O–H groups in total. The highest BCUT2D eigenvalue weighted by Crippen LogP contribution is 2.27. The molecule has 1 fully saturated rings. The van der Waals surface area contributed by atoms with Gasteiger partial charge < -0.3 is 10.6 Å². The summed E-state index contributed by atoms with van der Waals surface area (Å²) in [7, 11) is 1.87. The summed E-state index contributed by atoms with van der Waals surface area (Å²) in [5, 5.41) is 10.4. The number of aromatic nitrogens is 2. The van der Waals surface area contributed by atoms with Gasteiger partial charge in [-0.1, -0.05) is 12.1 Å². The molecule has 3 rings (SSSR count). The first-order chi connectivity index (χ1) is 11.1. The van der Waals surface area contributed by atoms with Crippen LogP contribution in [0.5, 0.6) is 0 Å². The Morgan fingerprint density at radius 2 is 2.35 bits per heavy atom. The van der Waals surface area contributed by atoms with Gasteiger partial charge in [0.25, 0.3) is 0 Å². The second-order valence-corrected chi connectivity index (χ2v) is 5.99. The second kappa shape index (κ2) is 6.91. The summed E-state index contributed by atoms with van der Waals surface area (Å²) in [5.41, 5.74) is 1.97. The van der Waals surface area contributed by atoms with E-state index in [1.165, 1.54) is 12.1 Å². The van der Waals surface area contributed by atoms with Crippen molar-refractivity contribution < 1.29 is 9.18 Å². The number of aryl methyl sites for hydroxylation is 1. The monoisotopic (exact) mass is 316 g/mol. The molecule has 6 heteroatoms. The van der Waals surface area contributed by atoms with Crippen molar-refractivity contribution in [1.29, 1.82) is 0 Å². The smallest absolute Gasteiger partial charge is 0.225 e. The van der Waals surface area contributed by atoms with Crippen molar-refractivity contribution in [2.75, 3.05) is 19.6 Å². The van der Waals surface area contributed by atoms with Gasteiger partial charge in [0.1, 0.15) is 5.82 Å². The number of nitrogens with one attached hydrogen (secondary N) is 2. The molecular formula is C17H21FN4O. The predicted molar refractivity (Wildman–Crippen MR) is 85.4 cm³/mol. The van der Waals surface area contributed by atoms with Crippen LogP contribution in [0.4, 0.5) is 4.39 Å². The van der Waals surface area contributed by atoms with Crippen molar-refractivity contribution in [2.45, 2.75) is 12.3 Å². The number of carbonyl (C=O) groups is 1. The Kier molecular flexibility index (Phi) is 4.71. The topological polar surface area (TPSA) is 59.0 Å². The molecule has 2 heterocycles. The van der Waals surface area contributed by atoms with Gasteiger partial charge in [0, 0.05) is 38.8 Å². The lowest BCUT2D eigenvalue weighted by Crippen LogP contribution is -2.35. The lowest BCUT2D eigenvalue weighted by molar-refractivity contribution is -0.124. The van der Waals surface area contributed by atoms with E-state index in [0.29, 0.717) is 19.5 Å². The minimum absolute atomic E-state index is 0.0419. The minimum atomic E-state index is -0.245. The number of halogens is 1. The van der Waals surface area contributed by atoms with E-state index in [0.717, 1.165) is 17.7 Å². The summed E-state index contributed by atoms with van der Waals surface area (Å²) in [5.74, 6) is -0.143. The third-order valence-electron chi connectivity index (χ3n) is 4.31. The fourth-order valence-corrected chi connectivity index (χ4v) is 3.09. The number of amides is 1. The molecule has 1 aliphatic rings. The van der Waals surface area contributed by atoms with Crippen molar-refractivity contribution in [1.82, 2.24) is 20.4 Å². The molecule has 23 heavy (non-hydrogen) atoms. The molecule has 5 nitrogen and oxygen atoms in total. The zero-order valence-corrected chi connectivity index (χ0v) is 13.1. The van der Waals surface area contributed by atoms with Gasteiger partial charge in [0.15, 0.2) is 0 Å². The summed E-state index contributed by atoms with van der Waals surface area (Å²) in [6, 6.07) is 6.48. The Morgan fingerprint density at radius 1 is 1.48 bits per heavy atom. The van der Waals surface area contributed by atoms with Crippen molar-refractivity contribution in [3.8, 4) is 0 Å². The van der Waals surface area contributed by atoms with E-state index in [9.17, 15) is 9.18 Å². The lowest BCUT2D eigenvalue weighted by Gasteiger charge is -2.17. The molecule has 1 saturated heterocycles. The normalized spacial score (nSPS) is 20.6. The molecular weight excluding hydrogens is 295 g/mol. The van der Waals surface area contributed by atoms with Crippen molar-refractivity contribution in [3.63, 3.8) is 0 Å². The summed E-state index contributed by atoms with van der Waals surface area (Å²) in [6.07, 6.45) is 4.41. The zero-order valence-electron chi connectivity index (χ0n) is 13.1. The van der Waals surface area contributed by atoms with E-state index in [2.05, 4.69) is 15.7 Å². The maximum Gasteiger partial charge on any atom is 0.225 e. The molecule has 2 atom stereocenters. The van der Waals surface area contributed by atoms with Crippen LogP contribution in [0, 0.1) is 11.7 Å². The van der Waals surface area contributed by atoms with Gasteiger partial charge in [-0.15, -0.1) is 0 Å². The summed E-state index contributed by atoms with van der Waals surface area (Å²) in [4.78, 5) is 12.4. The molecule has 0 spiro atoms. The molecule has 0 radical (unpaired) electrons. The Labute approximate surface area is 134 Å². The predicted octanol–water partition coefficient (Wildman–Crippen LogP) is 1.22. The summed E-state index contributed by atoms with van der Waals surface area (Å²) < 4.78 is 14.9. The van der Waals surface area contributed by atoms with Gasteiger partial charge in [0.2, 0.25) is 5.91 Å². The Hall–Kier alpha value is -2.21. The average molecular weight is 316 g/mol. The molecule has 1 aromatic carbocycles. The minimum Gasteiger partial charge on any atom is -0.355 e. The molecule has 0 bridgehead atoms. The highest BCUT2D eigenvalue weighted by Gasteiger charge is 2.34. The van der Waals surface area contributed by atoms with Gasteiger partial charge in [-0.25, -0.2) is 4.39 Å². The van der Waals surface area contributed by atoms with E-state index in [-0.39, 0.29) is 23.6 Å². The third-order valence-corrected chi connectivity index (χ3v) is 4.31. The van der Waals surface area contributed by atoms with Crippen LogP contribution in [0.15, 0.2) is 36.7 Å².